The van der Waals surface area contributed by atoms with Crippen LogP contribution < -0.4 is 5.32 Å². The predicted octanol–water partition coefficient (Wildman–Crippen LogP) is 3.41. The van der Waals surface area contributed by atoms with Crippen LogP contribution in [0.3, 0.4) is 0 Å². The van der Waals surface area contributed by atoms with E-state index in [0.29, 0.717) is 15.7 Å². The van der Waals surface area contributed by atoms with Crippen molar-refractivity contribution in [3.05, 3.63) is 39.9 Å². The molecule has 0 saturated heterocycles. The predicted molar refractivity (Wildman–Crippen MR) is 77.9 cm³/mol. The van der Waals surface area contributed by atoms with E-state index in [1.807, 2.05) is 12.1 Å². The molecule has 0 saturated carbocycles. The number of anilines is 1. The van der Waals surface area contributed by atoms with E-state index < -0.39 is 5.97 Å². The van der Waals surface area contributed by atoms with Crippen molar-refractivity contribution < 1.29 is 9.53 Å². The summed E-state index contributed by atoms with van der Waals surface area (Å²) in [6, 6.07) is 8.95. The third-order valence-corrected chi connectivity index (χ3v) is 3.19. The van der Waals surface area contributed by atoms with Crippen LogP contribution >= 0.6 is 23.4 Å². The Labute approximate surface area is 121 Å². The van der Waals surface area contributed by atoms with Crippen molar-refractivity contribution in [3.8, 4) is 6.07 Å². The SMILES string of the molecule is CCOC(=O)C(C#N)=C(Nc1ccccc1Cl)SC. The Kier molecular flexibility index (Phi) is 6.26. The first-order valence-electron chi connectivity index (χ1n) is 5.51. The maximum Gasteiger partial charge on any atom is 0.351 e. The van der Waals surface area contributed by atoms with Gasteiger partial charge in [0.2, 0.25) is 0 Å². The number of esters is 1. The number of carbonyl (C=O) groups is 1. The molecule has 1 rings (SSSR count). The lowest BCUT2D eigenvalue weighted by molar-refractivity contribution is -0.138. The summed E-state index contributed by atoms with van der Waals surface area (Å²) in [6.45, 7) is 1.91. The molecule has 0 heterocycles. The number of para-hydroxylation sites is 1. The highest BCUT2D eigenvalue weighted by atomic mass is 35.5. The standard InChI is InChI=1S/C13H13ClN2O2S/c1-3-18-13(17)9(8-15)12(19-2)16-11-7-5-4-6-10(11)14/h4-7,16H,3H2,1-2H3. The molecule has 0 spiro atoms. The summed E-state index contributed by atoms with van der Waals surface area (Å²) >= 11 is 7.27. The Balaban J connectivity index is 3.08. The Bertz CT molecular complexity index is 538. The fraction of sp³-hybridized carbons (Fsp3) is 0.231. The number of nitrogens with zero attached hydrogens (tertiary/aromatic N) is 1. The van der Waals surface area contributed by atoms with Gasteiger partial charge in [-0.1, -0.05) is 23.7 Å². The fourth-order valence-electron chi connectivity index (χ4n) is 1.29. The molecule has 0 aromatic heterocycles. The Morgan fingerprint density at radius 3 is 2.74 bits per heavy atom. The van der Waals surface area contributed by atoms with E-state index in [0.717, 1.165) is 0 Å². The molecule has 0 aliphatic rings. The van der Waals surface area contributed by atoms with Gasteiger partial charge in [0.05, 0.1) is 22.3 Å². The molecule has 100 valence electrons. The Morgan fingerprint density at radius 2 is 2.21 bits per heavy atom. The minimum absolute atomic E-state index is 0.0609. The average molecular weight is 297 g/mol. The first-order valence-corrected chi connectivity index (χ1v) is 7.11. The van der Waals surface area contributed by atoms with Gasteiger partial charge in [0.15, 0.2) is 5.57 Å². The third kappa shape index (κ3) is 4.19. The van der Waals surface area contributed by atoms with Crippen LogP contribution in [0.1, 0.15) is 6.92 Å². The van der Waals surface area contributed by atoms with Crippen LogP contribution in [0.25, 0.3) is 0 Å². The van der Waals surface area contributed by atoms with Crippen molar-refractivity contribution in [2.45, 2.75) is 6.92 Å². The number of hydrogen-bond acceptors (Lipinski definition) is 5. The molecular formula is C13H13ClN2O2S. The summed E-state index contributed by atoms with van der Waals surface area (Å²) in [5, 5.41) is 13.0. The first kappa shape index (κ1) is 15.4. The molecule has 1 aromatic carbocycles. The van der Waals surface area contributed by atoms with Crippen LogP contribution in [-0.4, -0.2) is 18.8 Å². The van der Waals surface area contributed by atoms with E-state index in [1.165, 1.54) is 11.8 Å². The van der Waals surface area contributed by atoms with E-state index in [1.54, 1.807) is 31.4 Å². The lowest BCUT2D eigenvalue weighted by Gasteiger charge is -2.11. The normalized spacial score (nSPS) is 11.3. The van der Waals surface area contributed by atoms with Crippen LogP contribution in [0.2, 0.25) is 5.02 Å². The van der Waals surface area contributed by atoms with E-state index >= 15 is 0 Å². The number of ether oxygens (including phenoxy) is 1. The van der Waals surface area contributed by atoms with Crippen molar-refractivity contribution >= 4 is 35.0 Å². The van der Waals surface area contributed by atoms with E-state index in [-0.39, 0.29) is 12.2 Å². The highest BCUT2D eigenvalue weighted by Gasteiger charge is 2.17. The maximum atomic E-state index is 11.7. The zero-order valence-electron chi connectivity index (χ0n) is 10.6. The van der Waals surface area contributed by atoms with Gasteiger partial charge in [-0.25, -0.2) is 4.79 Å². The maximum absolute atomic E-state index is 11.7. The number of carbonyl (C=O) groups excluding carboxylic acids is 1. The number of benzene rings is 1. The lowest BCUT2D eigenvalue weighted by Crippen LogP contribution is -2.11. The number of hydrogen-bond donors (Lipinski definition) is 1. The van der Waals surface area contributed by atoms with Crippen molar-refractivity contribution in [1.82, 2.24) is 0 Å². The Hall–Kier alpha value is -1.64. The minimum Gasteiger partial charge on any atom is -0.462 e. The minimum atomic E-state index is -0.645. The van der Waals surface area contributed by atoms with Gasteiger partial charge in [0.1, 0.15) is 6.07 Å². The molecule has 6 heteroatoms. The van der Waals surface area contributed by atoms with Gasteiger partial charge < -0.3 is 10.1 Å². The van der Waals surface area contributed by atoms with Gasteiger partial charge in [-0.2, -0.15) is 5.26 Å². The molecule has 0 bridgehead atoms. The number of halogens is 1. The molecule has 0 radical (unpaired) electrons. The summed E-state index contributed by atoms with van der Waals surface area (Å²) in [4.78, 5) is 11.7. The highest BCUT2D eigenvalue weighted by molar-refractivity contribution is 8.02. The van der Waals surface area contributed by atoms with E-state index in [9.17, 15) is 4.79 Å². The van der Waals surface area contributed by atoms with E-state index in [4.69, 9.17) is 21.6 Å². The van der Waals surface area contributed by atoms with Crippen molar-refractivity contribution in [3.63, 3.8) is 0 Å². The van der Waals surface area contributed by atoms with Crippen LogP contribution in [0.5, 0.6) is 0 Å². The summed E-state index contributed by atoms with van der Waals surface area (Å²) < 4.78 is 4.84. The second-order valence-electron chi connectivity index (χ2n) is 3.35. The van der Waals surface area contributed by atoms with Gasteiger partial charge in [-0.3, -0.25) is 0 Å². The lowest BCUT2D eigenvalue weighted by atomic mass is 10.3. The topological polar surface area (TPSA) is 62.1 Å². The monoisotopic (exact) mass is 296 g/mol. The summed E-state index contributed by atoms with van der Waals surface area (Å²) in [7, 11) is 0. The zero-order chi connectivity index (χ0) is 14.3. The second kappa shape index (κ2) is 7.72. The molecule has 0 fully saturated rings. The Morgan fingerprint density at radius 1 is 1.53 bits per heavy atom. The number of rotatable bonds is 5. The molecule has 0 aliphatic carbocycles. The molecule has 19 heavy (non-hydrogen) atoms. The number of nitriles is 1. The smallest absolute Gasteiger partial charge is 0.351 e. The highest BCUT2D eigenvalue weighted by Crippen LogP contribution is 2.26. The molecule has 0 amide bonds. The molecular weight excluding hydrogens is 284 g/mol. The van der Waals surface area contributed by atoms with Gasteiger partial charge in [0.25, 0.3) is 0 Å². The third-order valence-electron chi connectivity index (χ3n) is 2.14. The molecule has 0 atom stereocenters. The van der Waals surface area contributed by atoms with Gasteiger partial charge in [-0.15, -0.1) is 11.8 Å². The molecule has 0 aliphatic heterocycles. The second-order valence-corrected chi connectivity index (χ2v) is 4.57. The van der Waals surface area contributed by atoms with Crippen LogP contribution in [0.15, 0.2) is 34.9 Å². The molecule has 1 N–H and O–H groups in total. The number of thioether (sulfide) groups is 1. The van der Waals surface area contributed by atoms with Crippen LogP contribution in [0, 0.1) is 11.3 Å². The average Bonchev–Trinajstić information content (AvgIpc) is 2.41. The van der Waals surface area contributed by atoms with Crippen molar-refractivity contribution in [2.75, 3.05) is 18.2 Å². The first-order chi connectivity index (χ1) is 9.13. The van der Waals surface area contributed by atoms with Gasteiger partial charge in [-0.05, 0) is 25.3 Å². The van der Waals surface area contributed by atoms with E-state index in [2.05, 4.69) is 5.32 Å². The summed E-state index contributed by atoms with van der Waals surface area (Å²) in [5.41, 5.74) is 0.569. The largest absolute Gasteiger partial charge is 0.462 e. The molecule has 1 aromatic rings. The van der Waals surface area contributed by atoms with Crippen molar-refractivity contribution in [2.24, 2.45) is 0 Å². The van der Waals surface area contributed by atoms with Crippen molar-refractivity contribution in [1.29, 1.82) is 5.26 Å². The molecule has 4 nitrogen and oxygen atoms in total. The zero-order valence-corrected chi connectivity index (χ0v) is 12.1. The number of nitrogens with one attached hydrogen (secondary N) is 1. The van der Waals surface area contributed by atoms with Gasteiger partial charge in [0, 0.05) is 0 Å². The quantitative estimate of drug-likeness (QED) is 0.512. The van der Waals surface area contributed by atoms with Crippen LogP contribution in [0.4, 0.5) is 5.69 Å². The fourth-order valence-corrected chi connectivity index (χ4v) is 2.02. The molecule has 0 unspecified atom stereocenters. The summed E-state index contributed by atoms with van der Waals surface area (Å²) in [5.74, 6) is -0.645. The summed E-state index contributed by atoms with van der Waals surface area (Å²) in [6.07, 6.45) is 1.76. The van der Waals surface area contributed by atoms with Crippen LogP contribution in [-0.2, 0) is 9.53 Å². The van der Waals surface area contributed by atoms with Gasteiger partial charge >= 0.3 is 5.97 Å².